The van der Waals surface area contributed by atoms with Crippen molar-refractivity contribution in [2.45, 2.75) is 32.1 Å². The molecule has 1 atom stereocenters. The van der Waals surface area contributed by atoms with Crippen LogP contribution in [0.2, 0.25) is 0 Å². The molecule has 4 aromatic rings. The highest BCUT2D eigenvalue weighted by Crippen LogP contribution is 2.35. The molecular formula is C28H26BrN3O3. The summed E-state index contributed by atoms with van der Waals surface area (Å²) in [5.41, 5.74) is 2.22. The molecule has 0 fully saturated rings. The average molecular weight is 532 g/mol. The largest absolute Gasteiger partial charge is 0.496 e. The standard InChI is InChI=1S/C28H26BrN3O3/c1-28(27(34)30-16-19-8-4-3-5-9-19)18-31-23-11-7-6-10-20(23)15-24(31)26(33)32(28)17-21-14-22(29)12-13-25(21)35-2/h3-15H,16-18H2,1-2H3,(H,30,34). The van der Waals surface area contributed by atoms with Gasteiger partial charge in [0.25, 0.3) is 5.91 Å². The number of nitrogens with one attached hydrogen (secondary N) is 1. The second kappa shape index (κ2) is 9.23. The lowest BCUT2D eigenvalue weighted by Gasteiger charge is -2.44. The molecule has 5 rings (SSSR count). The van der Waals surface area contributed by atoms with E-state index >= 15 is 0 Å². The monoisotopic (exact) mass is 531 g/mol. The number of halogens is 1. The fraction of sp³-hybridized carbons (Fsp3) is 0.214. The van der Waals surface area contributed by atoms with Crippen molar-refractivity contribution < 1.29 is 14.3 Å². The number of ether oxygens (including phenoxy) is 1. The maximum Gasteiger partial charge on any atom is 0.271 e. The molecule has 0 bridgehead atoms. The Morgan fingerprint density at radius 1 is 1.06 bits per heavy atom. The van der Waals surface area contributed by atoms with Gasteiger partial charge in [0, 0.05) is 27.5 Å². The molecule has 2 heterocycles. The lowest BCUT2D eigenvalue weighted by atomic mass is 9.93. The number of para-hydroxylation sites is 1. The summed E-state index contributed by atoms with van der Waals surface area (Å²) in [6.07, 6.45) is 0. The molecule has 1 aromatic heterocycles. The summed E-state index contributed by atoms with van der Waals surface area (Å²) < 4.78 is 8.41. The Morgan fingerprint density at radius 3 is 2.57 bits per heavy atom. The minimum absolute atomic E-state index is 0.188. The molecule has 0 aliphatic carbocycles. The summed E-state index contributed by atoms with van der Waals surface area (Å²) in [4.78, 5) is 29.4. The second-order valence-electron chi connectivity index (χ2n) is 8.96. The van der Waals surface area contributed by atoms with Gasteiger partial charge in [-0.2, -0.15) is 0 Å². The number of amides is 2. The first-order chi connectivity index (χ1) is 16.9. The van der Waals surface area contributed by atoms with E-state index in [-0.39, 0.29) is 18.4 Å². The minimum Gasteiger partial charge on any atom is -0.496 e. The topological polar surface area (TPSA) is 63.6 Å². The predicted molar refractivity (Wildman–Crippen MR) is 139 cm³/mol. The van der Waals surface area contributed by atoms with Gasteiger partial charge in [-0.3, -0.25) is 9.59 Å². The van der Waals surface area contributed by atoms with E-state index in [0.29, 0.717) is 24.5 Å². The Bertz CT molecular complexity index is 1420. The third-order valence-electron chi connectivity index (χ3n) is 6.69. The van der Waals surface area contributed by atoms with Crippen LogP contribution in [0.1, 0.15) is 28.5 Å². The maximum absolute atomic E-state index is 13.9. The third kappa shape index (κ3) is 4.21. The molecule has 0 spiro atoms. The van der Waals surface area contributed by atoms with Gasteiger partial charge in [-0.1, -0.05) is 64.5 Å². The lowest BCUT2D eigenvalue weighted by Crippen LogP contribution is -2.63. The highest BCUT2D eigenvalue weighted by Gasteiger charge is 2.47. The van der Waals surface area contributed by atoms with Gasteiger partial charge in [0.05, 0.1) is 20.2 Å². The molecule has 0 radical (unpaired) electrons. The Balaban J connectivity index is 1.56. The minimum atomic E-state index is -1.12. The second-order valence-corrected chi connectivity index (χ2v) is 9.88. The Labute approximate surface area is 212 Å². The smallest absolute Gasteiger partial charge is 0.271 e. The molecule has 1 aliphatic rings. The van der Waals surface area contributed by atoms with Crippen molar-refractivity contribution in [2.24, 2.45) is 0 Å². The van der Waals surface area contributed by atoms with Crippen LogP contribution in [0.3, 0.4) is 0 Å². The SMILES string of the molecule is COc1ccc(Br)cc1CN1C(=O)c2cc3ccccc3n2CC1(C)C(=O)NCc1ccccc1. The molecule has 35 heavy (non-hydrogen) atoms. The van der Waals surface area contributed by atoms with Crippen LogP contribution < -0.4 is 10.1 Å². The van der Waals surface area contributed by atoms with Gasteiger partial charge in [-0.15, -0.1) is 0 Å². The summed E-state index contributed by atoms with van der Waals surface area (Å²) in [6.45, 7) is 2.81. The van der Waals surface area contributed by atoms with E-state index in [1.54, 1.807) is 12.0 Å². The summed E-state index contributed by atoms with van der Waals surface area (Å²) in [7, 11) is 1.61. The van der Waals surface area contributed by atoms with Crippen molar-refractivity contribution in [3.05, 3.63) is 100 Å². The molecular weight excluding hydrogens is 506 g/mol. The summed E-state index contributed by atoms with van der Waals surface area (Å²) in [6, 6.07) is 25.2. The summed E-state index contributed by atoms with van der Waals surface area (Å²) in [5.74, 6) is 0.276. The van der Waals surface area contributed by atoms with Crippen LogP contribution in [-0.2, 0) is 24.4 Å². The van der Waals surface area contributed by atoms with Crippen LogP contribution in [-0.4, -0.2) is 33.9 Å². The Kier molecular flexibility index (Phi) is 6.11. The number of benzene rings is 3. The van der Waals surface area contributed by atoms with Gasteiger partial charge in [-0.05, 0) is 42.8 Å². The number of hydrogen-bond acceptors (Lipinski definition) is 3. The molecule has 1 unspecified atom stereocenters. The number of carbonyl (C=O) groups excluding carboxylic acids is 2. The molecule has 6 nitrogen and oxygen atoms in total. The maximum atomic E-state index is 13.9. The summed E-state index contributed by atoms with van der Waals surface area (Å²) in [5, 5.41) is 4.05. The van der Waals surface area contributed by atoms with Crippen LogP contribution in [0.15, 0.2) is 83.3 Å². The first-order valence-electron chi connectivity index (χ1n) is 11.5. The van der Waals surface area contributed by atoms with Crippen LogP contribution >= 0.6 is 15.9 Å². The number of rotatable bonds is 6. The van der Waals surface area contributed by atoms with Crippen LogP contribution in [0.25, 0.3) is 10.9 Å². The lowest BCUT2D eigenvalue weighted by molar-refractivity contribution is -0.133. The number of aromatic nitrogens is 1. The summed E-state index contributed by atoms with van der Waals surface area (Å²) >= 11 is 3.52. The van der Waals surface area contributed by atoms with E-state index in [1.807, 2.05) is 90.4 Å². The van der Waals surface area contributed by atoms with Crippen LogP contribution in [0, 0.1) is 0 Å². The van der Waals surface area contributed by atoms with E-state index in [4.69, 9.17) is 4.74 Å². The highest BCUT2D eigenvalue weighted by molar-refractivity contribution is 9.10. The van der Waals surface area contributed by atoms with Crippen molar-refractivity contribution in [3.63, 3.8) is 0 Å². The fourth-order valence-electron chi connectivity index (χ4n) is 4.76. The molecule has 0 saturated carbocycles. The van der Waals surface area contributed by atoms with Crippen LogP contribution in [0.5, 0.6) is 5.75 Å². The van der Waals surface area contributed by atoms with Crippen molar-refractivity contribution >= 4 is 38.6 Å². The number of hydrogen-bond donors (Lipinski definition) is 1. The van der Waals surface area contributed by atoms with Crippen LogP contribution in [0.4, 0.5) is 0 Å². The van der Waals surface area contributed by atoms with Crippen molar-refractivity contribution in [3.8, 4) is 5.75 Å². The van der Waals surface area contributed by atoms with Crippen molar-refractivity contribution in [2.75, 3.05) is 7.11 Å². The number of fused-ring (bicyclic) bond motifs is 3. The van der Waals surface area contributed by atoms with Gasteiger partial charge in [0.15, 0.2) is 0 Å². The zero-order valence-corrected chi connectivity index (χ0v) is 21.2. The number of carbonyl (C=O) groups is 2. The van der Waals surface area contributed by atoms with E-state index in [0.717, 1.165) is 26.5 Å². The molecule has 7 heteroatoms. The zero-order valence-electron chi connectivity index (χ0n) is 19.6. The number of methoxy groups -OCH3 is 1. The quantitative estimate of drug-likeness (QED) is 0.374. The first kappa shape index (κ1) is 23.2. The normalized spacial score (nSPS) is 17.3. The molecule has 1 aliphatic heterocycles. The Morgan fingerprint density at radius 2 is 1.80 bits per heavy atom. The van der Waals surface area contributed by atoms with Crippen molar-refractivity contribution in [1.29, 1.82) is 0 Å². The van der Waals surface area contributed by atoms with Gasteiger partial charge >= 0.3 is 0 Å². The van der Waals surface area contributed by atoms with E-state index in [2.05, 4.69) is 21.2 Å². The van der Waals surface area contributed by atoms with E-state index in [9.17, 15) is 9.59 Å². The third-order valence-corrected chi connectivity index (χ3v) is 7.19. The molecule has 178 valence electrons. The van der Waals surface area contributed by atoms with Gasteiger partial charge in [0.1, 0.15) is 17.0 Å². The Hall–Kier alpha value is -3.58. The van der Waals surface area contributed by atoms with Gasteiger partial charge in [0.2, 0.25) is 5.91 Å². The van der Waals surface area contributed by atoms with Gasteiger partial charge < -0.3 is 19.5 Å². The van der Waals surface area contributed by atoms with Gasteiger partial charge in [-0.25, -0.2) is 0 Å². The zero-order chi connectivity index (χ0) is 24.6. The predicted octanol–water partition coefficient (Wildman–Crippen LogP) is 5.14. The van der Waals surface area contributed by atoms with E-state index < -0.39 is 5.54 Å². The highest BCUT2D eigenvalue weighted by atomic mass is 79.9. The average Bonchev–Trinajstić information content (AvgIpc) is 3.24. The fourth-order valence-corrected chi connectivity index (χ4v) is 5.17. The molecule has 0 saturated heterocycles. The molecule has 1 N–H and O–H groups in total. The molecule has 3 aromatic carbocycles. The van der Waals surface area contributed by atoms with Crippen molar-refractivity contribution in [1.82, 2.24) is 14.8 Å². The number of nitrogens with zero attached hydrogens (tertiary/aromatic N) is 2. The molecule has 2 amide bonds. The first-order valence-corrected chi connectivity index (χ1v) is 12.2. The van der Waals surface area contributed by atoms with E-state index in [1.165, 1.54) is 0 Å².